The Kier molecular flexibility index (Phi) is 4.11. The molecule has 0 saturated heterocycles. The fraction of sp³-hybridized carbons (Fsp3) is 0.455. The molecule has 1 aromatic rings. The topological polar surface area (TPSA) is 43.1 Å². The van der Waals surface area contributed by atoms with Crippen molar-refractivity contribution < 1.29 is 4.92 Å². The molecule has 0 atom stereocenters. The quantitative estimate of drug-likeness (QED) is 0.532. The van der Waals surface area contributed by atoms with Crippen LogP contribution in [-0.2, 0) is 12.8 Å². The van der Waals surface area contributed by atoms with Gasteiger partial charge in [-0.25, -0.2) is 0 Å². The Hall–Kier alpha value is -1.38. The van der Waals surface area contributed by atoms with Gasteiger partial charge in [0, 0.05) is 11.3 Å². The minimum atomic E-state index is -0.278. The summed E-state index contributed by atoms with van der Waals surface area (Å²) in [7, 11) is 0. The number of nitro groups is 1. The first kappa shape index (κ1) is 10.7. The van der Waals surface area contributed by atoms with Gasteiger partial charge in [0.25, 0.3) is 0 Å². The molecule has 0 N–H and O–H groups in total. The second-order valence-corrected chi connectivity index (χ2v) is 3.37. The van der Waals surface area contributed by atoms with Gasteiger partial charge in [0.15, 0.2) is 0 Å². The van der Waals surface area contributed by atoms with Gasteiger partial charge in [-0.15, -0.1) is 0 Å². The monoisotopic (exact) mass is 193 g/mol. The zero-order valence-electron chi connectivity index (χ0n) is 8.40. The Morgan fingerprint density at radius 1 is 1.14 bits per heavy atom. The first-order valence-corrected chi connectivity index (χ1v) is 4.92. The van der Waals surface area contributed by atoms with Crippen LogP contribution in [0.25, 0.3) is 0 Å². The third kappa shape index (κ3) is 3.56. The standard InChI is InChI=1S/C11H15NO2/c1-2-3-10-4-6-11(7-5-10)8-9-12(13)14/h4-7H,2-3,8-9H2,1H3. The predicted molar refractivity (Wildman–Crippen MR) is 56.0 cm³/mol. The van der Waals surface area contributed by atoms with Crippen molar-refractivity contribution in [2.24, 2.45) is 0 Å². The van der Waals surface area contributed by atoms with E-state index in [0.29, 0.717) is 6.42 Å². The van der Waals surface area contributed by atoms with Crippen molar-refractivity contribution in [1.29, 1.82) is 0 Å². The second-order valence-electron chi connectivity index (χ2n) is 3.37. The van der Waals surface area contributed by atoms with E-state index < -0.39 is 0 Å². The maximum atomic E-state index is 10.1. The van der Waals surface area contributed by atoms with E-state index in [1.54, 1.807) is 0 Å². The molecule has 0 radical (unpaired) electrons. The molecule has 0 unspecified atom stereocenters. The largest absolute Gasteiger partial charge is 0.265 e. The van der Waals surface area contributed by atoms with Crippen LogP contribution in [0.2, 0.25) is 0 Å². The van der Waals surface area contributed by atoms with Crippen LogP contribution in [0.5, 0.6) is 0 Å². The molecule has 3 nitrogen and oxygen atoms in total. The molecule has 0 saturated carbocycles. The first-order valence-electron chi connectivity index (χ1n) is 4.92. The van der Waals surface area contributed by atoms with Crippen molar-refractivity contribution in [3.8, 4) is 0 Å². The highest BCUT2D eigenvalue weighted by Gasteiger charge is 1.99. The van der Waals surface area contributed by atoms with E-state index in [9.17, 15) is 10.1 Å². The molecule has 14 heavy (non-hydrogen) atoms. The first-order chi connectivity index (χ1) is 6.72. The number of rotatable bonds is 5. The van der Waals surface area contributed by atoms with Crippen molar-refractivity contribution in [2.45, 2.75) is 26.2 Å². The summed E-state index contributed by atoms with van der Waals surface area (Å²) in [4.78, 5) is 9.87. The Labute approximate surface area is 83.9 Å². The van der Waals surface area contributed by atoms with E-state index in [0.717, 1.165) is 18.4 Å². The minimum Gasteiger partial charge on any atom is -0.265 e. The summed E-state index contributed by atoms with van der Waals surface area (Å²) < 4.78 is 0. The van der Waals surface area contributed by atoms with Crippen LogP contribution >= 0.6 is 0 Å². The van der Waals surface area contributed by atoms with Crippen molar-refractivity contribution in [2.75, 3.05) is 6.54 Å². The van der Waals surface area contributed by atoms with Crippen molar-refractivity contribution >= 4 is 0 Å². The summed E-state index contributed by atoms with van der Waals surface area (Å²) in [6, 6.07) is 8.07. The summed E-state index contributed by atoms with van der Waals surface area (Å²) >= 11 is 0. The molecule has 0 amide bonds. The molecular formula is C11H15NO2. The van der Waals surface area contributed by atoms with Crippen LogP contribution in [0.1, 0.15) is 24.5 Å². The van der Waals surface area contributed by atoms with E-state index in [-0.39, 0.29) is 11.5 Å². The average molecular weight is 193 g/mol. The van der Waals surface area contributed by atoms with Gasteiger partial charge in [0.1, 0.15) is 0 Å². The summed E-state index contributed by atoms with van der Waals surface area (Å²) in [5, 5.41) is 10.1. The Morgan fingerprint density at radius 3 is 2.07 bits per heavy atom. The van der Waals surface area contributed by atoms with E-state index in [2.05, 4.69) is 19.1 Å². The van der Waals surface area contributed by atoms with Gasteiger partial charge in [-0.3, -0.25) is 10.1 Å². The summed E-state index contributed by atoms with van der Waals surface area (Å²) in [5.41, 5.74) is 2.35. The molecule has 76 valence electrons. The van der Waals surface area contributed by atoms with Crippen molar-refractivity contribution in [3.63, 3.8) is 0 Å². The lowest BCUT2D eigenvalue weighted by molar-refractivity contribution is -0.479. The zero-order valence-corrected chi connectivity index (χ0v) is 8.40. The minimum absolute atomic E-state index is 0.0210. The van der Waals surface area contributed by atoms with Crippen molar-refractivity contribution in [1.82, 2.24) is 0 Å². The van der Waals surface area contributed by atoms with Gasteiger partial charge >= 0.3 is 0 Å². The molecule has 1 rings (SSSR count). The summed E-state index contributed by atoms with van der Waals surface area (Å²) in [6.45, 7) is 2.16. The average Bonchev–Trinajstić information content (AvgIpc) is 2.17. The highest BCUT2D eigenvalue weighted by atomic mass is 16.6. The van der Waals surface area contributed by atoms with Crippen LogP contribution in [0.4, 0.5) is 0 Å². The van der Waals surface area contributed by atoms with Gasteiger partial charge in [-0.05, 0) is 17.5 Å². The van der Waals surface area contributed by atoms with Gasteiger partial charge in [0.2, 0.25) is 6.54 Å². The Morgan fingerprint density at radius 2 is 1.64 bits per heavy atom. The van der Waals surface area contributed by atoms with Gasteiger partial charge < -0.3 is 0 Å². The van der Waals surface area contributed by atoms with Crippen LogP contribution in [0.15, 0.2) is 24.3 Å². The summed E-state index contributed by atoms with van der Waals surface area (Å²) in [6.07, 6.45) is 2.74. The molecule has 0 aliphatic carbocycles. The lowest BCUT2D eigenvalue weighted by atomic mass is 10.1. The smallest absolute Gasteiger partial charge is 0.207 e. The number of hydrogen-bond donors (Lipinski definition) is 0. The van der Waals surface area contributed by atoms with Crippen LogP contribution in [0, 0.1) is 10.1 Å². The fourth-order valence-corrected chi connectivity index (χ4v) is 1.38. The molecule has 1 aromatic carbocycles. The number of hydrogen-bond acceptors (Lipinski definition) is 2. The van der Waals surface area contributed by atoms with Gasteiger partial charge in [-0.2, -0.15) is 0 Å². The lowest BCUT2D eigenvalue weighted by Crippen LogP contribution is -2.03. The van der Waals surface area contributed by atoms with E-state index in [1.807, 2.05) is 12.1 Å². The second kappa shape index (κ2) is 5.37. The Bertz CT molecular complexity index is 293. The fourth-order valence-electron chi connectivity index (χ4n) is 1.38. The number of nitrogens with zero attached hydrogens (tertiary/aromatic N) is 1. The van der Waals surface area contributed by atoms with Crippen LogP contribution < -0.4 is 0 Å². The molecule has 0 spiro atoms. The molecule has 0 aromatic heterocycles. The predicted octanol–water partition coefficient (Wildman–Crippen LogP) is 2.46. The van der Waals surface area contributed by atoms with Crippen LogP contribution in [0.3, 0.4) is 0 Å². The molecule has 0 bridgehead atoms. The molecule has 0 aliphatic rings. The van der Waals surface area contributed by atoms with Crippen molar-refractivity contribution in [3.05, 3.63) is 45.5 Å². The SMILES string of the molecule is CCCc1ccc(CC[N+](=O)[O-])cc1. The van der Waals surface area contributed by atoms with Gasteiger partial charge in [0.05, 0.1) is 0 Å². The molecular weight excluding hydrogens is 178 g/mol. The van der Waals surface area contributed by atoms with E-state index >= 15 is 0 Å². The molecule has 3 heteroatoms. The maximum absolute atomic E-state index is 10.1. The number of benzene rings is 1. The Balaban J connectivity index is 2.50. The zero-order chi connectivity index (χ0) is 10.4. The lowest BCUT2D eigenvalue weighted by Gasteiger charge is -2.00. The van der Waals surface area contributed by atoms with E-state index in [4.69, 9.17) is 0 Å². The molecule has 0 aliphatic heterocycles. The third-order valence-corrected chi connectivity index (χ3v) is 2.14. The highest BCUT2D eigenvalue weighted by Crippen LogP contribution is 2.07. The summed E-state index contributed by atoms with van der Waals surface area (Å²) in [5.74, 6) is 0. The third-order valence-electron chi connectivity index (χ3n) is 2.14. The number of aryl methyl sites for hydroxylation is 1. The highest BCUT2D eigenvalue weighted by molar-refractivity contribution is 5.22. The molecule has 0 heterocycles. The maximum Gasteiger partial charge on any atom is 0.207 e. The normalized spacial score (nSPS) is 10.1. The van der Waals surface area contributed by atoms with E-state index in [1.165, 1.54) is 5.56 Å². The van der Waals surface area contributed by atoms with Crippen LogP contribution in [-0.4, -0.2) is 11.5 Å². The van der Waals surface area contributed by atoms with Gasteiger partial charge in [-0.1, -0.05) is 37.6 Å². The molecule has 0 fully saturated rings.